The van der Waals surface area contributed by atoms with E-state index in [0.29, 0.717) is 24.3 Å². The first kappa shape index (κ1) is 12.5. The van der Waals surface area contributed by atoms with Crippen LogP contribution in [0.1, 0.15) is 5.56 Å². The minimum Gasteiger partial charge on any atom is -0.489 e. The number of amides is 1. The summed E-state index contributed by atoms with van der Waals surface area (Å²) in [6.07, 6.45) is -0.784. The van der Waals surface area contributed by atoms with Crippen molar-refractivity contribution in [3.8, 4) is 5.75 Å². The van der Waals surface area contributed by atoms with Gasteiger partial charge in [-0.1, -0.05) is 0 Å². The van der Waals surface area contributed by atoms with E-state index < -0.39 is 6.09 Å². The summed E-state index contributed by atoms with van der Waals surface area (Å²) in [5.74, 6) is 0.174. The molecule has 0 atom stereocenters. The molecule has 5 nitrogen and oxygen atoms in total. The second-order valence-corrected chi connectivity index (χ2v) is 4.16. The highest BCUT2D eigenvalue weighted by Crippen LogP contribution is 2.33. The Morgan fingerprint density at radius 1 is 1.61 bits per heavy atom. The SMILES string of the molecule is CN1CCOc2cc(F)c(CCNC(=O)O)cc21. The van der Waals surface area contributed by atoms with E-state index >= 15 is 0 Å². The smallest absolute Gasteiger partial charge is 0.404 e. The second kappa shape index (κ2) is 5.12. The normalized spacial score (nSPS) is 13.8. The molecule has 0 spiro atoms. The van der Waals surface area contributed by atoms with Crippen LogP contribution < -0.4 is 15.0 Å². The van der Waals surface area contributed by atoms with E-state index in [0.717, 1.165) is 12.2 Å². The molecule has 0 aromatic heterocycles. The Kier molecular flexibility index (Phi) is 3.55. The van der Waals surface area contributed by atoms with Gasteiger partial charge in [0.25, 0.3) is 0 Å². The number of fused-ring (bicyclic) bond motifs is 1. The van der Waals surface area contributed by atoms with Crippen LogP contribution >= 0.6 is 0 Å². The number of nitrogens with one attached hydrogen (secondary N) is 1. The van der Waals surface area contributed by atoms with Crippen molar-refractivity contribution < 1.29 is 19.0 Å². The van der Waals surface area contributed by atoms with Crippen molar-refractivity contribution in [2.45, 2.75) is 6.42 Å². The first-order valence-electron chi connectivity index (χ1n) is 5.71. The third kappa shape index (κ3) is 2.64. The molecule has 1 aliphatic rings. The lowest BCUT2D eigenvalue weighted by molar-refractivity contribution is 0.194. The summed E-state index contributed by atoms with van der Waals surface area (Å²) in [5.41, 5.74) is 1.33. The van der Waals surface area contributed by atoms with Gasteiger partial charge in [0.1, 0.15) is 18.2 Å². The van der Waals surface area contributed by atoms with Crippen LogP contribution in [0.15, 0.2) is 12.1 Å². The Bertz CT molecular complexity index is 465. The summed E-state index contributed by atoms with van der Waals surface area (Å²) >= 11 is 0. The average Bonchev–Trinajstić information content (AvgIpc) is 2.30. The number of ether oxygens (including phenoxy) is 1. The minimum atomic E-state index is -1.10. The Labute approximate surface area is 104 Å². The third-order valence-electron chi connectivity index (χ3n) is 2.89. The van der Waals surface area contributed by atoms with Gasteiger partial charge in [0, 0.05) is 19.7 Å². The lowest BCUT2D eigenvalue weighted by Crippen LogP contribution is -2.29. The van der Waals surface area contributed by atoms with E-state index in [9.17, 15) is 9.18 Å². The molecule has 2 N–H and O–H groups in total. The zero-order valence-corrected chi connectivity index (χ0v) is 10.1. The number of nitrogens with zero attached hydrogens (tertiary/aromatic N) is 1. The summed E-state index contributed by atoms with van der Waals surface area (Å²) in [6.45, 7) is 1.49. The van der Waals surface area contributed by atoms with Gasteiger partial charge in [-0.25, -0.2) is 9.18 Å². The van der Waals surface area contributed by atoms with Crippen molar-refractivity contribution in [1.29, 1.82) is 0 Å². The minimum absolute atomic E-state index is 0.190. The Morgan fingerprint density at radius 2 is 2.39 bits per heavy atom. The van der Waals surface area contributed by atoms with E-state index in [1.807, 2.05) is 11.9 Å². The molecule has 1 aromatic carbocycles. The molecule has 0 bridgehead atoms. The van der Waals surface area contributed by atoms with Crippen molar-refractivity contribution >= 4 is 11.8 Å². The van der Waals surface area contributed by atoms with Crippen molar-refractivity contribution in [1.82, 2.24) is 5.32 Å². The molecule has 1 amide bonds. The van der Waals surface area contributed by atoms with Gasteiger partial charge in [-0.3, -0.25) is 0 Å². The summed E-state index contributed by atoms with van der Waals surface area (Å²) in [5, 5.41) is 10.7. The molecule has 98 valence electrons. The quantitative estimate of drug-likeness (QED) is 0.857. The topological polar surface area (TPSA) is 61.8 Å². The number of benzene rings is 1. The number of carboxylic acid groups (broad SMARTS) is 1. The van der Waals surface area contributed by atoms with Crippen LogP contribution in [-0.2, 0) is 6.42 Å². The predicted octanol–water partition coefficient (Wildman–Crippen LogP) is 1.46. The van der Waals surface area contributed by atoms with Crippen LogP contribution in [0.2, 0.25) is 0 Å². The van der Waals surface area contributed by atoms with Gasteiger partial charge in [0.2, 0.25) is 0 Å². The lowest BCUT2D eigenvalue weighted by atomic mass is 10.1. The molecule has 1 aliphatic heterocycles. The Balaban J connectivity index is 2.15. The lowest BCUT2D eigenvalue weighted by Gasteiger charge is -2.28. The molecule has 0 radical (unpaired) electrons. The molecule has 0 fully saturated rings. The molecule has 0 saturated carbocycles. The first-order chi connectivity index (χ1) is 8.58. The maximum atomic E-state index is 13.8. The van der Waals surface area contributed by atoms with Gasteiger partial charge in [-0.2, -0.15) is 0 Å². The molecular formula is C12H15FN2O3. The summed E-state index contributed by atoms with van der Waals surface area (Å²) in [4.78, 5) is 12.3. The molecule has 2 rings (SSSR count). The number of anilines is 1. The van der Waals surface area contributed by atoms with E-state index in [1.54, 1.807) is 6.07 Å². The highest BCUT2D eigenvalue weighted by Gasteiger charge is 2.18. The maximum Gasteiger partial charge on any atom is 0.404 e. The maximum absolute atomic E-state index is 13.8. The van der Waals surface area contributed by atoms with Crippen LogP contribution in [0, 0.1) is 5.82 Å². The van der Waals surface area contributed by atoms with Crippen molar-refractivity contribution in [3.05, 3.63) is 23.5 Å². The fourth-order valence-electron chi connectivity index (χ4n) is 1.91. The zero-order chi connectivity index (χ0) is 13.1. The predicted molar refractivity (Wildman–Crippen MR) is 64.9 cm³/mol. The molecule has 0 aliphatic carbocycles. The fourth-order valence-corrected chi connectivity index (χ4v) is 1.91. The van der Waals surface area contributed by atoms with Crippen molar-refractivity contribution in [3.63, 3.8) is 0 Å². The van der Waals surface area contributed by atoms with Gasteiger partial charge < -0.3 is 20.1 Å². The number of carbonyl (C=O) groups is 1. The first-order valence-corrected chi connectivity index (χ1v) is 5.71. The molecular weight excluding hydrogens is 239 g/mol. The number of halogens is 1. The molecule has 0 unspecified atom stereocenters. The van der Waals surface area contributed by atoms with Gasteiger partial charge in [0.05, 0.1) is 12.2 Å². The summed E-state index contributed by atoms with van der Waals surface area (Å²) in [7, 11) is 1.92. The van der Waals surface area contributed by atoms with Crippen LogP contribution in [-0.4, -0.2) is 37.9 Å². The molecule has 6 heteroatoms. The van der Waals surface area contributed by atoms with Crippen molar-refractivity contribution in [2.24, 2.45) is 0 Å². The highest BCUT2D eigenvalue weighted by molar-refractivity contribution is 5.64. The van der Waals surface area contributed by atoms with E-state index in [-0.39, 0.29) is 12.4 Å². The monoisotopic (exact) mass is 254 g/mol. The molecule has 1 aromatic rings. The molecule has 1 heterocycles. The summed E-state index contributed by atoms with van der Waals surface area (Å²) < 4.78 is 19.1. The Morgan fingerprint density at radius 3 is 3.11 bits per heavy atom. The fraction of sp³-hybridized carbons (Fsp3) is 0.417. The standard InChI is InChI=1S/C12H15FN2O3/c1-15-4-5-18-11-7-9(13)8(6-10(11)15)2-3-14-12(16)17/h6-7,14H,2-5H2,1H3,(H,16,17). The van der Waals surface area contributed by atoms with E-state index in [4.69, 9.17) is 9.84 Å². The van der Waals surface area contributed by atoms with E-state index in [1.165, 1.54) is 6.07 Å². The van der Waals surface area contributed by atoms with Gasteiger partial charge in [-0.05, 0) is 18.1 Å². The second-order valence-electron chi connectivity index (χ2n) is 4.16. The molecule has 18 heavy (non-hydrogen) atoms. The van der Waals surface area contributed by atoms with Gasteiger partial charge in [-0.15, -0.1) is 0 Å². The number of hydrogen-bond donors (Lipinski definition) is 2. The summed E-state index contributed by atoms with van der Waals surface area (Å²) in [6, 6.07) is 3.08. The van der Waals surface area contributed by atoms with Crippen molar-refractivity contribution in [2.75, 3.05) is 31.6 Å². The van der Waals surface area contributed by atoms with Crippen LogP contribution in [0.3, 0.4) is 0 Å². The molecule has 0 saturated heterocycles. The third-order valence-corrected chi connectivity index (χ3v) is 2.89. The number of rotatable bonds is 3. The van der Waals surface area contributed by atoms with E-state index in [2.05, 4.69) is 5.32 Å². The number of hydrogen-bond acceptors (Lipinski definition) is 3. The number of likely N-dealkylation sites (N-methyl/N-ethyl adjacent to an activating group) is 1. The van der Waals surface area contributed by atoms with Gasteiger partial charge in [0.15, 0.2) is 0 Å². The van der Waals surface area contributed by atoms with Crippen LogP contribution in [0.4, 0.5) is 14.9 Å². The average molecular weight is 254 g/mol. The van der Waals surface area contributed by atoms with Crippen LogP contribution in [0.25, 0.3) is 0 Å². The Hall–Kier alpha value is -1.98. The highest BCUT2D eigenvalue weighted by atomic mass is 19.1. The zero-order valence-electron chi connectivity index (χ0n) is 10.1. The van der Waals surface area contributed by atoms with Crippen LogP contribution in [0.5, 0.6) is 5.75 Å². The van der Waals surface area contributed by atoms with Gasteiger partial charge >= 0.3 is 6.09 Å². The largest absolute Gasteiger partial charge is 0.489 e.